The first-order valence-corrected chi connectivity index (χ1v) is 9.27. The van der Waals surface area contributed by atoms with Gasteiger partial charge in [-0.3, -0.25) is 9.97 Å². The zero-order chi connectivity index (χ0) is 18.9. The Hall–Kier alpha value is -2.51. The molecule has 27 heavy (non-hydrogen) atoms. The lowest BCUT2D eigenvalue weighted by atomic mass is 10.1. The molecule has 1 aliphatic heterocycles. The van der Waals surface area contributed by atoms with Crippen LogP contribution in [0.25, 0.3) is 0 Å². The van der Waals surface area contributed by atoms with Crippen molar-refractivity contribution in [3.05, 3.63) is 60.2 Å². The van der Waals surface area contributed by atoms with Crippen LogP contribution in [-0.2, 0) is 17.8 Å². The highest BCUT2D eigenvalue weighted by atomic mass is 16.5. The van der Waals surface area contributed by atoms with E-state index in [1.807, 2.05) is 24.3 Å². The first-order valence-electron chi connectivity index (χ1n) is 9.27. The Bertz CT molecular complexity index is 657. The van der Waals surface area contributed by atoms with E-state index in [1.54, 1.807) is 29.7 Å². The van der Waals surface area contributed by atoms with Gasteiger partial charge < -0.3 is 19.9 Å². The number of aromatic nitrogens is 2. The summed E-state index contributed by atoms with van der Waals surface area (Å²) in [6.45, 7) is 4.86. The average molecular weight is 369 g/mol. The standard InChI is InChI=1S/C20H27N5O2/c1-24-8-9-27-16-19(13-24)12-23-20(26)25(14-17-4-2-6-21-10-17)15-18-5-3-7-22-11-18/h2-7,10-11,19H,8-9,12-16H2,1H3,(H,23,26). The molecule has 1 unspecified atom stereocenters. The zero-order valence-electron chi connectivity index (χ0n) is 15.8. The highest BCUT2D eigenvalue weighted by Crippen LogP contribution is 2.10. The van der Waals surface area contributed by atoms with Gasteiger partial charge in [0, 0.05) is 63.4 Å². The number of rotatable bonds is 6. The van der Waals surface area contributed by atoms with E-state index in [2.05, 4.69) is 27.2 Å². The molecule has 0 bridgehead atoms. The van der Waals surface area contributed by atoms with Crippen molar-refractivity contribution in [3.8, 4) is 0 Å². The molecule has 2 aromatic heterocycles. The lowest BCUT2D eigenvalue weighted by molar-refractivity contribution is 0.121. The fourth-order valence-electron chi connectivity index (χ4n) is 3.15. The summed E-state index contributed by atoms with van der Waals surface area (Å²) in [5.74, 6) is 0.292. The number of amides is 2. The van der Waals surface area contributed by atoms with Gasteiger partial charge in [0.05, 0.1) is 13.2 Å². The van der Waals surface area contributed by atoms with E-state index >= 15 is 0 Å². The maximum Gasteiger partial charge on any atom is 0.318 e. The average Bonchev–Trinajstić information content (AvgIpc) is 2.91. The van der Waals surface area contributed by atoms with Crippen LogP contribution in [0, 0.1) is 5.92 Å². The van der Waals surface area contributed by atoms with Crippen LogP contribution in [0.1, 0.15) is 11.1 Å². The van der Waals surface area contributed by atoms with Crippen molar-refractivity contribution in [1.82, 2.24) is 25.1 Å². The molecule has 3 heterocycles. The number of urea groups is 1. The topological polar surface area (TPSA) is 70.6 Å². The molecule has 7 nitrogen and oxygen atoms in total. The predicted octanol–water partition coefficient (Wildman–Crippen LogP) is 1.77. The van der Waals surface area contributed by atoms with E-state index in [9.17, 15) is 4.79 Å². The number of likely N-dealkylation sites (N-methyl/N-ethyl adjacent to an activating group) is 1. The summed E-state index contributed by atoms with van der Waals surface area (Å²) < 4.78 is 5.64. The molecule has 0 saturated carbocycles. The third-order valence-corrected chi connectivity index (χ3v) is 4.56. The highest BCUT2D eigenvalue weighted by molar-refractivity contribution is 5.74. The molecule has 3 rings (SSSR count). The van der Waals surface area contributed by atoms with Crippen molar-refractivity contribution in [2.75, 3.05) is 39.9 Å². The monoisotopic (exact) mass is 369 g/mol. The third-order valence-electron chi connectivity index (χ3n) is 4.56. The summed E-state index contributed by atoms with van der Waals surface area (Å²) in [5, 5.41) is 3.08. The van der Waals surface area contributed by atoms with Gasteiger partial charge in [-0.1, -0.05) is 12.1 Å². The molecule has 2 aromatic rings. The maximum absolute atomic E-state index is 12.9. The van der Waals surface area contributed by atoms with Gasteiger partial charge in [0.2, 0.25) is 0 Å². The van der Waals surface area contributed by atoms with E-state index < -0.39 is 0 Å². The van der Waals surface area contributed by atoms with Crippen LogP contribution in [0.3, 0.4) is 0 Å². The van der Waals surface area contributed by atoms with Crippen molar-refractivity contribution in [3.63, 3.8) is 0 Å². The molecule has 2 amide bonds. The van der Waals surface area contributed by atoms with Gasteiger partial charge in [0.1, 0.15) is 0 Å². The lowest BCUT2D eigenvalue weighted by Crippen LogP contribution is -2.43. The lowest BCUT2D eigenvalue weighted by Gasteiger charge is -2.25. The van der Waals surface area contributed by atoms with Crippen LogP contribution in [0.5, 0.6) is 0 Å². The predicted molar refractivity (Wildman–Crippen MR) is 103 cm³/mol. The van der Waals surface area contributed by atoms with Crippen LogP contribution in [0.15, 0.2) is 49.1 Å². The fourth-order valence-corrected chi connectivity index (χ4v) is 3.15. The molecule has 0 aromatic carbocycles. The van der Waals surface area contributed by atoms with Crippen LogP contribution in [-0.4, -0.2) is 65.7 Å². The number of nitrogens with zero attached hydrogens (tertiary/aromatic N) is 4. The first kappa shape index (κ1) is 19.3. The van der Waals surface area contributed by atoms with Gasteiger partial charge >= 0.3 is 6.03 Å². The molecule has 0 radical (unpaired) electrons. The Morgan fingerprint density at radius 2 is 1.89 bits per heavy atom. The van der Waals surface area contributed by atoms with Crippen molar-refractivity contribution in [1.29, 1.82) is 0 Å². The molecule has 0 spiro atoms. The number of carbonyl (C=O) groups excluding carboxylic acids is 1. The van der Waals surface area contributed by atoms with Gasteiger partial charge in [-0.25, -0.2) is 4.79 Å². The number of nitrogens with one attached hydrogen (secondary N) is 1. The number of hydrogen-bond donors (Lipinski definition) is 1. The molecule has 1 aliphatic rings. The summed E-state index contributed by atoms with van der Waals surface area (Å²) in [5.41, 5.74) is 1.99. The molecule has 1 saturated heterocycles. The Morgan fingerprint density at radius 3 is 2.48 bits per heavy atom. The second-order valence-corrected chi connectivity index (χ2v) is 6.97. The van der Waals surface area contributed by atoms with Gasteiger partial charge in [-0.2, -0.15) is 0 Å². The normalized spacial score (nSPS) is 17.9. The molecular formula is C20H27N5O2. The Labute approximate surface area is 160 Å². The second-order valence-electron chi connectivity index (χ2n) is 6.97. The molecule has 1 fully saturated rings. The summed E-state index contributed by atoms with van der Waals surface area (Å²) in [6, 6.07) is 7.63. The smallest absolute Gasteiger partial charge is 0.318 e. The molecule has 1 N–H and O–H groups in total. The molecule has 7 heteroatoms. The minimum atomic E-state index is -0.0883. The first-order chi connectivity index (χ1) is 13.2. The van der Waals surface area contributed by atoms with Crippen LogP contribution in [0.2, 0.25) is 0 Å². The van der Waals surface area contributed by atoms with E-state index in [0.717, 1.165) is 30.8 Å². The summed E-state index contributed by atoms with van der Waals surface area (Å²) in [7, 11) is 2.08. The molecule has 144 valence electrons. The van der Waals surface area contributed by atoms with E-state index in [4.69, 9.17) is 4.74 Å². The SMILES string of the molecule is CN1CCOCC(CNC(=O)N(Cc2cccnc2)Cc2cccnc2)C1. The van der Waals surface area contributed by atoms with Crippen molar-refractivity contribution < 1.29 is 9.53 Å². The molecule has 0 aliphatic carbocycles. The minimum absolute atomic E-state index is 0.0883. The summed E-state index contributed by atoms with van der Waals surface area (Å²) >= 11 is 0. The quantitative estimate of drug-likeness (QED) is 0.840. The van der Waals surface area contributed by atoms with Gasteiger partial charge in [0.25, 0.3) is 0 Å². The number of hydrogen-bond acceptors (Lipinski definition) is 5. The second kappa shape index (κ2) is 9.99. The number of ether oxygens (including phenoxy) is 1. The number of carbonyl (C=O) groups is 1. The molecular weight excluding hydrogens is 342 g/mol. The fraction of sp³-hybridized carbons (Fsp3) is 0.450. The van der Waals surface area contributed by atoms with Crippen molar-refractivity contribution in [2.45, 2.75) is 13.1 Å². The Morgan fingerprint density at radius 1 is 1.22 bits per heavy atom. The van der Waals surface area contributed by atoms with Crippen LogP contribution >= 0.6 is 0 Å². The third kappa shape index (κ3) is 6.30. The Balaban J connectivity index is 1.62. The highest BCUT2D eigenvalue weighted by Gasteiger charge is 2.19. The van der Waals surface area contributed by atoms with Crippen molar-refractivity contribution in [2.24, 2.45) is 5.92 Å². The van der Waals surface area contributed by atoms with Gasteiger partial charge in [0.15, 0.2) is 0 Å². The largest absolute Gasteiger partial charge is 0.380 e. The van der Waals surface area contributed by atoms with E-state index in [-0.39, 0.29) is 6.03 Å². The van der Waals surface area contributed by atoms with Crippen LogP contribution < -0.4 is 5.32 Å². The molecule has 1 atom stereocenters. The maximum atomic E-state index is 12.9. The van der Waals surface area contributed by atoms with Crippen LogP contribution in [0.4, 0.5) is 4.79 Å². The van der Waals surface area contributed by atoms with E-state index in [0.29, 0.717) is 32.2 Å². The summed E-state index contributed by atoms with van der Waals surface area (Å²) in [6.07, 6.45) is 7.05. The van der Waals surface area contributed by atoms with Gasteiger partial charge in [-0.05, 0) is 30.3 Å². The van der Waals surface area contributed by atoms with Gasteiger partial charge in [-0.15, -0.1) is 0 Å². The summed E-state index contributed by atoms with van der Waals surface area (Å²) in [4.78, 5) is 25.2. The van der Waals surface area contributed by atoms with E-state index in [1.165, 1.54) is 0 Å². The minimum Gasteiger partial charge on any atom is -0.380 e. The Kier molecular flexibility index (Phi) is 7.12. The zero-order valence-corrected chi connectivity index (χ0v) is 15.8. The van der Waals surface area contributed by atoms with Crippen molar-refractivity contribution >= 4 is 6.03 Å². The number of pyridine rings is 2.